The average Bonchev–Trinajstić information content (AvgIpc) is 2.66. The topological polar surface area (TPSA) is 28.5 Å². The molecule has 3 nitrogen and oxygen atoms in total. The van der Waals surface area contributed by atoms with Crippen molar-refractivity contribution in [1.82, 2.24) is 9.99 Å². The van der Waals surface area contributed by atoms with Gasteiger partial charge in [0, 0.05) is 21.8 Å². The third-order valence-electron chi connectivity index (χ3n) is 4.51. The zero-order valence-corrected chi connectivity index (χ0v) is 15.5. The number of aromatic nitrogens is 1. The highest BCUT2D eigenvalue weighted by Crippen LogP contribution is 2.31. The summed E-state index contributed by atoms with van der Waals surface area (Å²) in [5.74, 6) is -0.525. The Hall–Kier alpha value is -2.98. The van der Waals surface area contributed by atoms with Crippen LogP contribution in [0.5, 0.6) is 0 Å². The number of pyridine rings is 1. The van der Waals surface area contributed by atoms with E-state index < -0.39 is 5.95 Å². The van der Waals surface area contributed by atoms with E-state index in [1.807, 2.05) is 48.5 Å². The maximum Gasteiger partial charge on any atom is 0.222 e. The number of nitrogens with zero attached hydrogens (tertiary/aromatic N) is 3. The molecule has 0 spiro atoms. The number of aryl methyl sites for hydroxylation is 1. The molecule has 1 aliphatic rings. The zero-order chi connectivity index (χ0) is 19.0. The molecule has 0 saturated carbocycles. The van der Waals surface area contributed by atoms with Crippen LogP contribution in [0.15, 0.2) is 72.3 Å². The molecule has 2 aromatic carbocycles. The van der Waals surface area contributed by atoms with Crippen LogP contribution in [0.1, 0.15) is 27.9 Å². The Morgan fingerprint density at radius 3 is 2.37 bits per heavy atom. The van der Waals surface area contributed by atoms with E-state index in [1.54, 1.807) is 24.1 Å². The number of hydrogen-bond acceptors (Lipinski definition) is 3. The van der Waals surface area contributed by atoms with Crippen LogP contribution in [0.4, 0.5) is 4.39 Å². The zero-order valence-electron chi connectivity index (χ0n) is 14.8. The van der Waals surface area contributed by atoms with Crippen molar-refractivity contribution in [2.24, 2.45) is 5.10 Å². The third-order valence-corrected chi connectivity index (χ3v) is 4.77. The molecule has 2 heterocycles. The molecule has 3 aromatic rings. The van der Waals surface area contributed by atoms with E-state index in [4.69, 9.17) is 16.7 Å². The van der Waals surface area contributed by atoms with Crippen LogP contribution < -0.4 is 0 Å². The van der Waals surface area contributed by atoms with Crippen LogP contribution in [-0.4, -0.2) is 15.7 Å². The minimum Gasteiger partial charge on any atom is -0.260 e. The first-order valence-corrected chi connectivity index (χ1v) is 8.93. The minimum absolute atomic E-state index is 0.377. The highest BCUT2D eigenvalue weighted by molar-refractivity contribution is 6.30. The van der Waals surface area contributed by atoms with E-state index in [-0.39, 0.29) is 0 Å². The lowest BCUT2D eigenvalue weighted by Crippen LogP contribution is -2.25. The number of rotatable bonds is 3. The molecule has 0 fully saturated rings. The predicted molar refractivity (Wildman–Crippen MR) is 107 cm³/mol. The summed E-state index contributed by atoms with van der Waals surface area (Å²) in [7, 11) is 0. The average molecular weight is 378 g/mol. The lowest BCUT2D eigenvalue weighted by atomic mass is 9.95. The van der Waals surface area contributed by atoms with Gasteiger partial charge < -0.3 is 0 Å². The molecule has 0 bridgehead atoms. The molecule has 0 atom stereocenters. The Bertz CT molecular complexity index is 1060. The molecule has 0 radical (unpaired) electrons. The summed E-state index contributed by atoms with van der Waals surface area (Å²) < 4.78 is 14.6. The highest BCUT2D eigenvalue weighted by atomic mass is 35.5. The molecule has 1 aromatic heterocycles. The van der Waals surface area contributed by atoms with Crippen molar-refractivity contribution >= 4 is 23.0 Å². The number of halogens is 2. The van der Waals surface area contributed by atoms with Crippen molar-refractivity contribution in [3.05, 3.63) is 106 Å². The van der Waals surface area contributed by atoms with E-state index >= 15 is 0 Å². The lowest BCUT2D eigenvalue weighted by molar-refractivity contribution is 0.412. The Morgan fingerprint density at radius 1 is 0.963 bits per heavy atom. The van der Waals surface area contributed by atoms with Crippen molar-refractivity contribution in [1.29, 1.82) is 0 Å². The van der Waals surface area contributed by atoms with Gasteiger partial charge in [0.05, 0.1) is 17.8 Å². The molecule has 1 aliphatic heterocycles. The van der Waals surface area contributed by atoms with E-state index in [1.165, 1.54) is 0 Å². The summed E-state index contributed by atoms with van der Waals surface area (Å²) in [6, 6.07) is 18.8. The summed E-state index contributed by atoms with van der Waals surface area (Å²) >= 11 is 5.98. The molecule has 0 aliphatic carbocycles. The molecule has 0 saturated heterocycles. The van der Waals surface area contributed by atoms with Crippen LogP contribution in [0.2, 0.25) is 5.02 Å². The molecular formula is C22H17ClFN3. The molecule has 4 rings (SSSR count). The fourth-order valence-corrected chi connectivity index (χ4v) is 3.24. The largest absolute Gasteiger partial charge is 0.260 e. The molecule has 5 heteroatoms. The van der Waals surface area contributed by atoms with E-state index in [2.05, 4.69) is 11.6 Å². The summed E-state index contributed by atoms with van der Waals surface area (Å²) in [5, 5.41) is 7.19. The molecular weight excluding hydrogens is 361 g/mol. The Balaban J connectivity index is 1.81. The monoisotopic (exact) mass is 377 g/mol. The van der Waals surface area contributed by atoms with Gasteiger partial charge >= 0.3 is 0 Å². The minimum atomic E-state index is -0.525. The summed E-state index contributed by atoms with van der Waals surface area (Å²) in [5.41, 5.74) is 5.13. The third kappa shape index (κ3) is 3.36. The quantitative estimate of drug-likeness (QED) is 0.570. The summed E-state index contributed by atoms with van der Waals surface area (Å²) in [6.07, 6.45) is 0. The normalized spacial score (nSPS) is 13.4. The van der Waals surface area contributed by atoms with Crippen molar-refractivity contribution in [3.8, 4) is 0 Å². The number of fused-ring (bicyclic) bond motifs is 1. The Morgan fingerprint density at radius 2 is 1.67 bits per heavy atom. The first-order valence-electron chi connectivity index (χ1n) is 8.56. The van der Waals surface area contributed by atoms with Gasteiger partial charge in [0.1, 0.15) is 5.71 Å². The van der Waals surface area contributed by atoms with Crippen molar-refractivity contribution in [2.75, 3.05) is 0 Å². The fraction of sp³-hybridized carbons (Fsp3) is 0.0909. The van der Waals surface area contributed by atoms with Crippen LogP contribution in [0.3, 0.4) is 0 Å². The van der Waals surface area contributed by atoms with Crippen LogP contribution >= 0.6 is 11.6 Å². The van der Waals surface area contributed by atoms with Gasteiger partial charge in [-0.05, 0) is 36.8 Å². The fourth-order valence-electron chi connectivity index (χ4n) is 3.11. The van der Waals surface area contributed by atoms with Gasteiger partial charge in [0.25, 0.3) is 0 Å². The first-order chi connectivity index (χ1) is 13.0. The van der Waals surface area contributed by atoms with Gasteiger partial charge in [-0.25, -0.2) is 4.98 Å². The maximum absolute atomic E-state index is 14.6. The molecule has 27 heavy (non-hydrogen) atoms. The summed E-state index contributed by atoms with van der Waals surface area (Å²) in [6.45, 7) is 6.47. The van der Waals surface area contributed by atoms with Crippen molar-refractivity contribution in [2.45, 2.75) is 13.5 Å². The predicted octanol–water partition coefficient (Wildman–Crippen LogP) is 5.42. The molecule has 0 unspecified atom stereocenters. The smallest absolute Gasteiger partial charge is 0.222 e. The van der Waals surface area contributed by atoms with Gasteiger partial charge in [0.2, 0.25) is 5.95 Å². The summed E-state index contributed by atoms with van der Waals surface area (Å²) in [4.78, 5) is 3.96. The second-order valence-electron chi connectivity index (χ2n) is 6.42. The van der Waals surface area contributed by atoms with Crippen LogP contribution in [0.25, 0.3) is 5.70 Å². The second-order valence-corrected chi connectivity index (χ2v) is 6.85. The van der Waals surface area contributed by atoms with Gasteiger partial charge in [-0.2, -0.15) is 9.49 Å². The Kier molecular flexibility index (Phi) is 4.50. The second kappa shape index (κ2) is 6.97. The van der Waals surface area contributed by atoms with Crippen molar-refractivity contribution < 1.29 is 4.39 Å². The van der Waals surface area contributed by atoms with Gasteiger partial charge in [0.15, 0.2) is 0 Å². The lowest BCUT2D eigenvalue weighted by Gasteiger charge is -2.29. The maximum atomic E-state index is 14.6. The number of benzene rings is 2. The van der Waals surface area contributed by atoms with E-state index in [9.17, 15) is 4.39 Å². The number of hydrazone groups is 1. The highest BCUT2D eigenvalue weighted by Gasteiger charge is 2.25. The van der Waals surface area contributed by atoms with Gasteiger partial charge in [-0.15, -0.1) is 0 Å². The number of hydrogen-bond donors (Lipinski definition) is 0. The molecule has 134 valence electrons. The van der Waals surface area contributed by atoms with Crippen LogP contribution in [0, 0.1) is 12.9 Å². The van der Waals surface area contributed by atoms with E-state index in [0.717, 1.165) is 22.4 Å². The standard InChI is InChI=1S/C22H17ClFN3/c1-14-7-12-20(22(24)25-14)21-19-6-4-3-5-18(19)15(2)27(26-21)13-16-8-10-17(23)11-9-16/h3-12H,2,13H2,1H3. The van der Waals surface area contributed by atoms with E-state index in [0.29, 0.717) is 28.5 Å². The first kappa shape index (κ1) is 17.4. The molecule has 0 N–H and O–H groups in total. The van der Waals surface area contributed by atoms with Crippen molar-refractivity contribution in [3.63, 3.8) is 0 Å². The van der Waals surface area contributed by atoms with Gasteiger partial charge in [-0.3, -0.25) is 5.01 Å². The SMILES string of the molecule is C=C1c2ccccc2C(c2ccc(C)nc2F)=NN1Cc1ccc(Cl)cc1. The van der Waals surface area contributed by atoms with Gasteiger partial charge in [-0.1, -0.05) is 54.6 Å². The Labute approximate surface area is 162 Å². The molecule has 0 amide bonds. The van der Waals surface area contributed by atoms with Crippen LogP contribution in [-0.2, 0) is 6.54 Å².